The van der Waals surface area contributed by atoms with Crippen molar-refractivity contribution in [3.63, 3.8) is 0 Å². The van der Waals surface area contributed by atoms with Crippen molar-refractivity contribution in [3.05, 3.63) is 61.2 Å². The molecule has 6 atom stereocenters. The van der Waals surface area contributed by atoms with E-state index in [1.54, 1.807) is 33.7 Å². The van der Waals surface area contributed by atoms with Crippen LogP contribution >= 0.6 is 11.8 Å². The molecule has 41 heavy (non-hydrogen) atoms. The quantitative estimate of drug-likeness (QED) is 0.308. The Morgan fingerprint density at radius 1 is 1.15 bits per heavy atom. The van der Waals surface area contributed by atoms with Gasteiger partial charge in [-0.1, -0.05) is 69.7 Å². The molecule has 3 amide bonds. The highest BCUT2D eigenvalue weighted by molar-refractivity contribution is 8.02. The van der Waals surface area contributed by atoms with Crippen LogP contribution in [0.5, 0.6) is 0 Å². The van der Waals surface area contributed by atoms with Crippen molar-refractivity contribution in [2.24, 2.45) is 17.8 Å². The number of thioether (sulfide) groups is 1. The van der Waals surface area contributed by atoms with Crippen LogP contribution in [0.25, 0.3) is 0 Å². The predicted molar refractivity (Wildman–Crippen MR) is 165 cm³/mol. The first-order chi connectivity index (χ1) is 19.7. The fourth-order valence-corrected chi connectivity index (χ4v) is 9.43. The van der Waals surface area contributed by atoms with Crippen molar-refractivity contribution in [2.45, 2.75) is 81.5 Å². The summed E-state index contributed by atoms with van der Waals surface area (Å²) in [7, 11) is 0. The number of hydrogen-bond acceptors (Lipinski definition) is 5. The van der Waals surface area contributed by atoms with Crippen molar-refractivity contribution in [1.82, 2.24) is 14.7 Å². The minimum absolute atomic E-state index is 0.0156. The largest absolute Gasteiger partial charge is 0.394 e. The van der Waals surface area contributed by atoms with E-state index < -0.39 is 28.7 Å². The minimum atomic E-state index is -0.706. The summed E-state index contributed by atoms with van der Waals surface area (Å²) in [6.45, 7) is 15.6. The Hall–Kier alpha value is -2.58. The lowest BCUT2D eigenvalue weighted by Gasteiger charge is -2.40. The first-order valence-corrected chi connectivity index (χ1v) is 16.1. The fraction of sp³-hybridized carbons (Fsp3) is 0.606. The molecule has 1 aromatic rings. The number of carbonyl (C=O) groups excluding carboxylic acids is 3. The fourth-order valence-electron chi connectivity index (χ4n) is 7.24. The van der Waals surface area contributed by atoms with E-state index in [1.165, 1.54) is 0 Å². The van der Waals surface area contributed by atoms with Crippen LogP contribution in [0.3, 0.4) is 0 Å². The van der Waals surface area contributed by atoms with Crippen LogP contribution < -0.4 is 0 Å². The lowest BCUT2D eigenvalue weighted by atomic mass is 9.70. The average Bonchev–Trinajstić information content (AvgIpc) is 3.61. The Balaban J connectivity index is 1.74. The summed E-state index contributed by atoms with van der Waals surface area (Å²) < 4.78 is -0.679. The SMILES string of the molecule is C=CCN(CCCC)C(=O)C1N([C@@H](CO)CC(C)C)C(=O)[C@@H]2[C@H](C(=O)N(CC=C)Cc3ccccc3)[C@@H]3CCC12S3. The van der Waals surface area contributed by atoms with Gasteiger partial charge in [0.2, 0.25) is 17.7 Å². The third-order valence-corrected chi connectivity index (χ3v) is 10.9. The standard InChI is InChI=1S/C33H47N3O4S/c1-6-9-19-34(17-7-2)32(40)29-33-16-15-26(41-33)27(28(33)31(39)36(29)25(22-37)20-23(4)5)30(38)35(18-8-3)21-24-13-11-10-12-14-24/h7-8,10-14,23,25-29,37H,2-3,6,9,15-22H2,1,4-5H3/t25-,26+,27-,28+,29?,33?/m1/s1. The molecule has 3 aliphatic heterocycles. The Morgan fingerprint density at radius 2 is 1.83 bits per heavy atom. The number of fused-ring (bicyclic) bond motifs is 1. The summed E-state index contributed by atoms with van der Waals surface area (Å²) in [6.07, 6.45) is 7.38. The second-order valence-electron chi connectivity index (χ2n) is 12.2. The zero-order valence-electron chi connectivity index (χ0n) is 24.9. The highest BCUT2D eigenvalue weighted by atomic mass is 32.2. The van der Waals surface area contributed by atoms with Crippen LogP contribution in [0, 0.1) is 17.8 Å². The van der Waals surface area contributed by atoms with Gasteiger partial charge in [0.25, 0.3) is 0 Å². The third kappa shape index (κ3) is 6.00. The van der Waals surface area contributed by atoms with Gasteiger partial charge in [-0.25, -0.2) is 0 Å². The van der Waals surface area contributed by atoms with Crippen molar-refractivity contribution >= 4 is 29.5 Å². The number of carbonyl (C=O) groups is 3. The molecule has 4 rings (SSSR count). The van der Waals surface area contributed by atoms with Gasteiger partial charge >= 0.3 is 0 Å². The highest BCUT2D eigenvalue weighted by Gasteiger charge is 2.74. The number of aliphatic hydroxyl groups excluding tert-OH is 1. The summed E-state index contributed by atoms with van der Waals surface area (Å²) in [5.74, 6) is -1.14. The van der Waals surface area contributed by atoms with Crippen LogP contribution in [0.1, 0.15) is 58.4 Å². The van der Waals surface area contributed by atoms with Gasteiger partial charge in [-0.3, -0.25) is 14.4 Å². The number of hydrogen-bond donors (Lipinski definition) is 1. The lowest BCUT2D eigenvalue weighted by Crippen LogP contribution is -2.57. The molecule has 3 heterocycles. The van der Waals surface area contributed by atoms with Gasteiger partial charge in [0.1, 0.15) is 6.04 Å². The number of likely N-dealkylation sites (tertiary alicyclic amines) is 1. The number of nitrogens with zero attached hydrogens (tertiary/aromatic N) is 3. The molecule has 0 aromatic heterocycles. The molecule has 2 bridgehead atoms. The topological polar surface area (TPSA) is 81.2 Å². The molecule has 224 valence electrons. The smallest absolute Gasteiger partial charge is 0.247 e. The van der Waals surface area contributed by atoms with Crippen LogP contribution in [-0.2, 0) is 20.9 Å². The summed E-state index contributed by atoms with van der Waals surface area (Å²) >= 11 is 1.69. The second kappa shape index (κ2) is 13.6. The van der Waals surface area contributed by atoms with Crippen molar-refractivity contribution in [2.75, 3.05) is 26.2 Å². The molecule has 1 spiro atoms. The first kappa shape index (κ1) is 31.4. The number of rotatable bonds is 15. The van der Waals surface area contributed by atoms with Crippen molar-refractivity contribution < 1.29 is 19.5 Å². The van der Waals surface area contributed by atoms with E-state index in [0.29, 0.717) is 39.0 Å². The molecule has 3 saturated heterocycles. The monoisotopic (exact) mass is 581 g/mol. The van der Waals surface area contributed by atoms with E-state index in [2.05, 4.69) is 33.9 Å². The molecule has 2 unspecified atom stereocenters. The molecule has 3 aliphatic rings. The average molecular weight is 582 g/mol. The van der Waals surface area contributed by atoms with Crippen molar-refractivity contribution in [1.29, 1.82) is 0 Å². The van der Waals surface area contributed by atoms with Crippen LogP contribution in [0.4, 0.5) is 0 Å². The molecule has 0 aliphatic carbocycles. The summed E-state index contributed by atoms with van der Waals surface area (Å²) in [6, 6.07) is 8.69. The molecule has 8 heteroatoms. The Bertz CT molecular complexity index is 1110. The zero-order chi connectivity index (χ0) is 29.7. The highest BCUT2D eigenvalue weighted by Crippen LogP contribution is 2.67. The third-order valence-electron chi connectivity index (χ3n) is 8.92. The van der Waals surface area contributed by atoms with Gasteiger partial charge in [0.15, 0.2) is 0 Å². The summed E-state index contributed by atoms with van der Waals surface area (Å²) in [4.78, 5) is 48.7. The van der Waals surface area contributed by atoms with E-state index >= 15 is 0 Å². The lowest BCUT2D eigenvalue weighted by molar-refractivity contribution is -0.147. The van der Waals surface area contributed by atoms with E-state index in [9.17, 15) is 19.5 Å². The van der Waals surface area contributed by atoms with Gasteiger partial charge < -0.3 is 19.8 Å². The first-order valence-electron chi connectivity index (χ1n) is 15.2. The van der Waals surface area contributed by atoms with Gasteiger partial charge in [0, 0.05) is 31.4 Å². The molecule has 0 saturated carbocycles. The maximum atomic E-state index is 14.5. The summed E-state index contributed by atoms with van der Waals surface area (Å²) in [5.41, 5.74) is 1.02. The minimum Gasteiger partial charge on any atom is -0.394 e. The second-order valence-corrected chi connectivity index (χ2v) is 13.8. The van der Waals surface area contributed by atoms with Gasteiger partial charge in [-0.05, 0) is 37.2 Å². The number of amides is 3. The van der Waals surface area contributed by atoms with E-state index in [0.717, 1.165) is 24.8 Å². The molecular formula is C33H47N3O4S. The zero-order valence-corrected chi connectivity index (χ0v) is 25.7. The molecule has 1 aromatic carbocycles. The number of benzene rings is 1. The molecule has 1 N–H and O–H groups in total. The van der Waals surface area contributed by atoms with Crippen LogP contribution in [0.15, 0.2) is 55.6 Å². The van der Waals surface area contributed by atoms with Gasteiger partial charge in [-0.15, -0.1) is 24.9 Å². The Labute approximate surface area is 250 Å². The van der Waals surface area contributed by atoms with Crippen molar-refractivity contribution in [3.8, 4) is 0 Å². The Morgan fingerprint density at radius 3 is 2.44 bits per heavy atom. The van der Waals surface area contributed by atoms with Gasteiger partial charge in [-0.2, -0.15) is 0 Å². The van der Waals surface area contributed by atoms with E-state index in [1.807, 2.05) is 35.2 Å². The molecule has 7 nitrogen and oxygen atoms in total. The molecule has 0 radical (unpaired) electrons. The van der Waals surface area contributed by atoms with Crippen LogP contribution in [0.2, 0.25) is 0 Å². The number of aliphatic hydroxyl groups is 1. The van der Waals surface area contributed by atoms with Crippen LogP contribution in [-0.4, -0.2) is 85.8 Å². The molecule has 3 fully saturated rings. The van der Waals surface area contributed by atoms with Gasteiger partial charge in [0.05, 0.1) is 29.2 Å². The number of unbranched alkanes of at least 4 members (excludes halogenated alkanes) is 1. The maximum absolute atomic E-state index is 14.5. The van der Waals surface area contributed by atoms with E-state index in [-0.39, 0.29) is 35.5 Å². The van der Waals surface area contributed by atoms with E-state index in [4.69, 9.17) is 0 Å². The predicted octanol–water partition coefficient (Wildman–Crippen LogP) is 4.51. The Kier molecular flexibility index (Phi) is 10.4. The summed E-state index contributed by atoms with van der Waals surface area (Å²) in [5, 5.41) is 10.5. The maximum Gasteiger partial charge on any atom is 0.247 e. The normalized spacial score (nSPS) is 27.1. The molecular weight excluding hydrogens is 534 g/mol.